The standard InChI is InChI=1S/C35H48N2O8Si/c1-24-20-37(32(40)36-30(24)39)31-28(43-25(2)38)29(42-22-27-16-12-9-13-17-27)35(44-31,23-41-21-26-14-10-8-11-15-26)34(18-19-34)45-46(6,7)33(3,4)5/h8-17,20,28-31,39H,18-19,21-23H2,1-7H3,(H,36,40)/t28?,29?,30?,31-,35?/m1/s1. The molecule has 0 aromatic heterocycles. The fourth-order valence-electron chi connectivity index (χ4n) is 6.00. The molecule has 4 unspecified atom stereocenters. The highest BCUT2D eigenvalue weighted by Crippen LogP contribution is 2.60. The number of ether oxygens (including phenoxy) is 4. The molecular weight excluding hydrogens is 604 g/mol. The highest BCUT2D eigenvalue weighted by molar-refractivity contribution is 6.74. The molecule has 2 fully saturated rings. The average Bonchev–Trinajstić information content (AvgIpc) is 3.71. The minimum Gasteiger partial charge on any atom is -0.455 e. The number of hydrogen-bond donors (Lipinski definition) is 2. The Balaban J connectivity index is 1.62. The molecule has 46 heavy (non-hydrogen) atoms. The monoisotopic (exact) mass is 652 g/mol. The highest BCUT2D eigenvalue weighted by atomic mass is 28.4. The lowest BCUT2D eigenvalue weighted by Gasteiger charge is -2.47. The maximum Gasteiger partial charge on any atom is 0.325 e. The summed E-state index contributed by atoms with van der Waals surface area (Å²) in [6.07, 6.45) is -1.25. The van der Waals surface area contributed by atoms with Gasteiger partial charge < -0.3 is 33.8 Å². The van der Waals surface area contributed by atoms with E-state index in [1.807, 2.05) is 60.7 Å². The van der Waals surface area contributed by atoms with Gasteiger partial charge in [0.1, 0.15) is 6.10 Å². The second-order valence-corrected chi connectivity index (χ2v) is 18.9. The maximum absolute atomic E-state index is 13.4. The molecule has 2 aromatic carbocycles. The SMILES string of the molecule is CC(=O)OC1C(OCc2ccccc2)C(COCc2ccccc2)(C2(O[Si](C)(C)C(C)(C)C)CC2)O[C@H]1N1C=C(C)C(O)NC1=O. The first-order valence-corrected chi connectivity index (χ1v) is 18.9. The van der Waals surface area contributed by atoms with Crippen LogP contribution in [0.1, 0.15) is 58.6 Å². The van der Waals surface area contributed by atoms with Crippen molar-refractivity contribution in [3.8, 4) is 0 Å². The molecule has 2 amide bonds. The summed E-state index contributed by atoms with van der Waals surface area (Å²) in [7, 11) is -2.40. The molecule has 5 rings (SSSR count). The topological polar surface area (TPSA) is 116 Å². The predicted molar refractivity (Wildman–Crippen MR) is 175 cm³/mol. The zero-order chi connectivity index (χ0) is 33.3. The van der Waals surface area contributed by atoms with Gasteiger partial charge in [-0.25, -0.2) is 4.79 Å². The van der Waals surface area contributed by atoms with Crippen molar-refractivity contribution in [2.75, 3.05) is 6.61 Å². The van der Waals surface area contributed by atoms with Crippen LogP contribution in [0.15, 0.2) is 72.4 Å². The number of urea groups is 1. The van der Waals surface area contributed by atoms with Gasteiger partial charge in [0.2, 0.25) is 0 Å². The van der Waals surface area contributed by atoms with Crippen molar-refractivity contribution in [1.29, 1.82) is 0 Å². The smallest absolute Gasteiger partial charge is 0.325 e. The molecule has 0 spiro atoms. The third-order valence-electron chi connectivity index (χ3n) is 9.65. The van der Waals surface area contributed by atoms with Gasteiger partial charge in [-0.15, -0.1) is 0 Å². The third-order valence-corrected chi connectivity index (χ3v) is 14.2. The van der Waals surface area contributed by atoms with Gasteiger partial charge in [0, 0.05) is 13.1 Å². The Bertz CT molecular complexity index is 1410. The van der Waals surface area contributed by atoms with Gasteiger partial charge in [-0.05, 0) is 54.6 Å². The Kier molecular flexibility index (Phi) is 9.84. The summed E-state index contributed by atoms with van der Waals surface area (Å²) in [5.41, 5.74) is 0.323. The second-order valence-electron chi connectivity index (χ2n) is 14.2. The second kappa shape index (κ2) is 13.2. The number of hydrogen-bond acceptors (Lipinski definition) is 8. The number of carbonyl (C=O) groups excluding carboxylic acids is 2. The quantitative estimate of drug-likeness (QED) is 0.224. The zero-order valence-electron chi connectivity index (χ0n) is 27.9. The molecule has 0 bridgehead atoms. The summed E-state index contributed by atoms with van der Waals surface area (Å²) in [6.45, 7) is 14.6. The van der Waals surface area contributed by atoms with Crippen LogP contribution in [0.25, 0.3) is 0 Å². The molecule has 3 aliphatic rings. The zero-order valence-corrected chi connectivity index (χ0v) is 28.9. The summed E-state index contributed by atoms with van der Waals surface area (Å²) in [4.78, 5) is 27.4. The lowest BCUT2D eigenvalue weighted by molar-refractivity contribution is -0.211. The van der Waals surface area contributed by atoms with Crippen LogP contribution in [0.5, 0.6) is 0 Å². The summed E-state index contributed by atoms with van der Waals surface area (Å²) in [5, 5.41) is 12.8. The van der Waals surface area contributed by atoms with Crippen molar-refractivity contribution >= 4 is 20.3 Å². The Morgan fingerprint density at radius 2 is 1.63 bits per heavy atom. The molecule has 2 aliphatic heterocycles. The Labute approximate surface area is 273 Å². The molecule has 1 aliphatic carbocycles. The number of aliphatic hydroxyl groups excluding tert-OH is 1. The number of carbonyl (C=O) groups is 2. The normalized spacial score (nSPS) is 27.6. The first-order valence-electron chi connectivity index (χ1n) is 16.0. The van der Waals surface area contributed by atoms with Crippen molar-refractivity contribution in [2.24, 2.45) is 0 Å². The van der Waals surface area contributed by atoms with E-state index < -0.39 is 56.2 Å². The van der Waals surface area contributed by atoms with Gasteiger partial charge in [-0.1, -0.05) is 81.4 Å². The number of nitrogens with zero attached hydrogens (tertiary/aromatic N) is 1. The largest absolute Gasteiger partial charge is 0.455 e. The molecular formula is C35H48N2O8Si. The molecule has 2 N–H and O–H groups in total. The predicted octanol–water partition coefficient (Wildman–Crippen LogP) is 5.62. The van der Waals surface area contributed by atoms with E-state index in [9.17, 15) is 14.7 Å². The van der Waals surface area contributed by atoms with Crippen LogP contribution in [-0.2, 0) is 41.4 Å². The summed E-state index contributed by atoms with van der Waals surface area (Å²) in [6, 6.07) is 19.0. The van der Waals surface area contributed by atoms with Gasteiger partial charge in [0.05, 0.1) is 25.4 Å². The maximum atomic E-state index is 13.4. The molecule has 0 radical (unpaired) electrons. The Morgan fingerprint density at radius 1 is 1.04 bits per heavy atom. The van der Waals surface area contributed by atoms with Crippen LogP contribution in [0, 0.1) is 0 Å². The van der Waals surface area contributed by atoms with Crippen LogP contribution in [0.2, 0.25) is 18.1 Å². The lowest BCUT2D eigenvalue weighted by Crippen LogP contribution is -2.62. The van der Waals surface area contributed by atoms with Crippen molar-refractivity contribution in [3.63, 3.8) is 0 Å². The average molecular weight is 653 g/mol. The van der Waals surface area contributed by atoms with Gasteiger partial charge in [-0.2, -0.15) is 0 Å². The first kappa shape index (κ1) is 34.3. The lowest BCUT2D eigenvalue weighted by atomic mass is 9.87. The van der Waals surface area contributed by atoms with Crippen molar-refractivity contribution in [1.82, 2.24) is 10.2 Å². The molecule has 11 heteroatoms. The van der Waals surface area contributed by atoms with E-state index >= 15 is 0 Å². The molecule has 10 nitrogen and oxygen atoms in total. The Morgan fingerprint density at radius 3 is 2.17 bits per heavy atom. The molecule has 1 saturated heterocycles. The van der Waals surface area contributed by atoms with E-state index in [2.05, 4.69) is 39.2 Å². The fraction of sp³-hybridized carbons (Fsp3) is 0.543. The molecule has 250 valence electrons. The Hall–Kier alpha value is -3.06. The van der Waals surface area contributed by atoms with Gasteiger partial charge in [0.15, 0.2) is 32.5 Å². The number of rotatable bonds is 12. The molecule has 2 aromatic rings. The van der Waals surface area contributed by atoms with E-state index in [-0.39, 0.29) is 18.3 Å². The number of amides is 2. The van der Waals surface area contributed by atoms with Gasteiger partial charge >= 0.3 is 12.0 Å². The molecule has 5 atom stereocenters. The van der Waals surface area contributed by atoms with Crippen molar-refractivity contribution in [2.45, 2.75) is 115 Å². The van der Waals surface area contributed by atoms with E-state index in [4.69, 9.17) is 23.4 Å². The highest BCUT2D eigenvalue weighted by Gasteiger charge is 2.74. The van der Waals surface area contributed by atoms with Gasteiger partial charge in [0.25, 0.3) is 0 Å². The van der Waals surface area contributed by atoms with Crippen LogP contribution < -0.4 is 5.32 Å². The number of benzene rings is 2. The van der Waals surface area contributed by atoms with E-state index in [0.717, 1.165) is 11.1 Å². The van der Waals surface area contributed by atoms with Crippen molar-refractivity contribution < 1.29 is 38.1 Å². The van der Waals surface area contributed by atoms with E-state index in [1.54, 1.807) is 6.92 Å². The minimum atomic E-state index is -2.40. The number of nitrogens with one attached hydrogen (secondary N) is 1. The summed E-state index contributed by atoms with van der Waals surface area (Å²) >= 11 is 0. The van der Waals surface area contributed by atoms with Gasteiger partial charge in [-0.3, -0.25) is 9.69 Å². The van der Waals surface area contributed by atoms with Crippen molar-refractivity contribution in [3.05, 3.63) is 83.6 Å². The van der Waals surface area contributed by atoms with Crippen LogP contribution in [-0.4, -0.2) is 72.8 Å². The third kappa shape index (κ3) is 6.95. The number of aliphatic hydroxyl groups is 1. The van der Waals surface area contributed by atoms with Crippen LogP contribution >= 0.6 is 0 Å². The molecule has 1 saturated carbocycles. The minimum absolute atomic E-state index is 0.0605. The first-order chi connectivity index (χ1) is 21.7. The number of esters is 1. The summed E-state index contributed by atoms with van der Waals surface area (Å²) < 4.78 is 33.6. The molecule has 2 heterocycles. The van der Waals surface area contributed by atoms with E-state index in [1.165, 1.54) is 18.0 Å². The fourth-order valence-corrected chi connectivity index (χ4v) is 7.66. The van der Waals surface area contributed by atoms with Crippen LogP contribution in [0.4, 0.5) is 4.79 Å². The summed E-state index contributed by atoms with van der Waals surface area (Å²) in [5.74, 6) is -0.541. The van der Waals surface area contributed by atoms with E-state index in [0.29, 0.717) is 25.0 Å². The van der Waals surface area contributed by atoms with Crippen LogP contribution in [0.3, 0.4) is 0 Å².